The summed E-state index contributed by atoms with van der Waals surface area (Å²) < 4.78 is 26.8. The molecule has 1 heterocycles. The maximum atomic E-state index is 13.4. The number of nitrogens with one attached hydrogen (secondary N) is 1. The van der Waals surface area contributed by atoms with E-state index in [0.717, 1.165) is 17.7 Å². The van der Waals surface area contributed by atoms with Crippen LogP contribution in [0.3, 0.4) is 0 Å². The van der Waals surface area contributed by atoms with Crippen LogP contribution in [0.5, 0.6) is 0 Å². The molecule has 2 aromatic rings. The highest BCUT2D eigenvalue weighted by Gasteiger charge is 2.33. The molecule has 0 aliphatic carbocycles. The van der Waals surface area contributed by atoms with Crippen molar-refractivity contribution in [2.75, 3.05) is 13.1 Å². The second-order valence-corrected chi connectivity index (χ2v) is 5.65. The Morgan fingerprint density at radius 2 is 1.79 bits per heavy atom. The van der Waals surface area contributed by atoms with E-state index in [9.17, 15) is 18.4 Å². The second kappa shape index (κ2) is 6.78. The van der Waals surface area contributed by atoms with Crippen LogP contribution in [0.15, 0.2) is 48.5 Å². The Kier molecular flexibility index (Phi) is 4.55. The SMILES string of the molecule is O=C1NCCN(C(=O)c2cc(F)cc(F)c2)C1Cc1ccccc1. The standard InChI is InChI=1S/C18H16F2N2O2/c19-14-9-13(10-15(20)11-14)18(24)22-7-6-21-17(23)16(22)8-12-4-2-1-3-5-12/h1-5,9-11,16H,6-8H2,(H,21,23). The number of piperazine rings is 1. The quantitative estimate of drug-likeness (QED) is 0.937. The van der Waals surface area contributed by atoms with Gasteiger partial charge < -0.3 is 10.2 Å². The van der Waals surface area contributed by atoms with Crippen molar-refractivity contribution >= 4 is 11.8 Å². The van der Waals surface area contributed by atoms with Crippen molar-refractivity contribution in [1.82, 2.24) is 10.2 Å². The summed E-state index contributed by atoms with van der Waals surface area (Å²) in [6.07, 6.45) is 0.343. The third kappa shape index (κ3) is 3.42. The van der Waals surface area contributed by atoms with Gasteiger partial charge in [-0.3, -0.25) is 9.59 Å². The van der Waals surface area contributed by atoms with Gasteiger partial charge in [-0.2, -0.15) is 0 Å². The molecule has 0 radical (unpaired) electrons. The first-order valence-corrected chi connectivity index (χ1v) is 7.63. The van der Waals surface area contributed by atoms with Gasteiger partial charge in [0.25, 0.3) is 5.91 Å². The molecule has 24 heavy (non-hydrogen) atoms. The molecule has 1 unspecified atom stereocenters. The average Bonchev–Trinajstić information content (AvgIpc) is 2.56. The van der Waals surface area contributed by atoms with Crippen LogP contribution in [0.4, 0.5) is 8.78 Å². The van der Waals surface area contributed by atoms with Crippen LogP contribution in [0.1, 0.15) is 15.9 Å². The van der Waals surface area contributed by atoms with Crippen molar-refractivity contribution in [2.45, 2.75) is 12.5 Å². The van der Waals surface area contributed by atoms with Crippen LogP contribution >= 0.6 is 0 Å². The average molecular weight is 330 g/mol. The summed E-state index contributed by atoms with van der Waals surface area (Å²) in [7, 11) is 0. The summed E-state index contributed by atoms with van der Waals surface area (Å²) in [5.41, 5.74) is 0.808. The van der Waals surface area contributed by atoms with E-state index < -0.39 is 23.6 Å². The van der Waals surface area contributed by atoms with Crippen LogP contribution < -0.4 is 5.32 Å². The first kappa shape index (κ1) is 16.1. The summed E-state index contributed by atoms with van der Waals surface area (Å²) in [6, 6.07) is 11.3. The lowest BCUT2D eigenvalue weighted by molar-refractivity contribution is -0.127. The normalized spacial score (nSPS) is 17.5. The Bertz CT molecular complexity index is 745. The molecule has 1 aliphatic rings. The van der Waals surface area contributed by atoms with E-state index in [2.05, 4.69) is 5.32 Å². The maximum Gasteiger partial charge on any atom is 0.254 e. The zero-order valence-corrected chi connectivity index (χ0v) is 12.8. The van der Waals surface area contributed by atoms with Gasteiger partial charge in [-0.25, -0.2) is 8.78 Å². The van der Waals surface area contributed by atoms with E-state index in [-0.39, 0.29) is 11.5 Å². The molecule has 0 bridgehead atoms. The van der Waals surface area contributed by atoms with Crippen molar-refractivity contribution in [2.24, 2.45) is 0 Å². The van der Waals surface area contributed by atoms with E-state index in [1.165, 1.54) is 4.90 Å². The molecular formula is C18H16F2N2O2. The Balaban J connectivity index is 1.88. The van der Waals surface area contributed by atoms with Crippen LogP contribution in [0.25, 0.3) is 0 Å². The van der Waals surface area contributed by atoms with Gasteiger partial charge in [0, 0.05) is 31.1 Å². The number of halogens is 2. The molecule has 1 N–H and O–H groups in total. The lowest BCUT2D eigenvalue weighted by atomic mass is 10.0. The number of benzene rings is 2. The molecule has 124 valence electrons. The molecule has 1 saturated heterocycles. The Morgan fingerprint density at radius 3 is 2.46 bits per heavy atom. The molecule has 2 aromatic carbocycles. The monoisotopic (exact) mass is 330 g/mol. The predicted molar refractivity (Wildman–Crippen MR) is 84.3 cm³/mol. The third-order valence-corrected chi connectivity index (χ3v) is 3.97. The van der Waals surface area contributed by atoms with Crippen LogP contribution in [-0.2, 0) is 11.2 Å². The molecule has 1 atom stereocenters. The number of carbonyl (C=O) groups is 2. The van der Waals surface area contributed by atoms with Gasteiger partial charge in [-0.05, 0) is 17.7 Å². The van der Waals surface area contributed by atoms with E-state index in [4.69, 9.17) is 0 Å². The summed E-state index contributed by atoms with van der Waals surface area (Å²) in [5, 5.41) is 2.73. The minimum atomic E-state index is -0.820. The number of hydrogen-bond donors (Lipinski definition) is 1. The molecule has 3 rings (SSSR count). The zero-order valence-electron chi connectivity index (χ0n) is 12.8. The highest BCUT2D eigenvalue weighted by atomic mass is 19.1. The number of amides is 2. The maximum absolute atomic E-state index is 13.4. The fraction of sp³-hybridized carbons (Fsp3) is 0.222. The number of rotatable bonds is 3. The van der Waals surface area contributed by atoms with E-state index in [0.29, 0.717) is 25.6 Å². The molecule has 2 amide bonds. The van der Waals surface area contributed by atoms with Crippen molar-refractivity contribution < 1.29 is 18.4 Å². The molecule has 0 aromatic heterocycles. The zero-order chi connectivity index (χ0) is 17.1. The number of carbonyl (C=O) groups excluding carboxylic acids is 2. The van der Waals surface area contributed by atoms with Crippen molar-refractivity contribution in [3.63, 3.8) is 0 Å². The smallest absolute Gasteiger partial charge is 0.254 e. The second-order valence-electron chi connectivity index (χ2n) is 5.65. The first-order valence-electron chi connectivity index (χ1n) is 7.63. The largest absolute Gasteiger partial charge is 0.353 e. The van der Waals surface area contributed by atoms with Crippen molar-refractivity contribution in [1.29, 1.82) is 0 Å². The van der Waals surface area contributed by atoms with Gasteiger partial charge in [0.1, 0.15) is 17.7 Å². The molecule has 4 nitrogen and oxygen atoms in total. The van der Waals surface area contributed by atoms with Gasteiger partial charge in [-0.1, -0.05) is 30.3 Å². The summed E-state index contributed by atoms with van der Waals surface area (Å²) in [5.74, 6) is -2.46. The van der Waals surface area contributed by atoms with Crippen LogP contribution in [0.2, 0.25) is 0 Å². The highest BCUT2D eigenvalue weighted by molar-refractivity contribution is 5.98. The lowest BCUT2D eigenvalue weighted by Crippen LogP contribution is -2.58. The van der Waals surface area contributed by atoms with E-state index >= 15 is 0 Å². The van der Waals surface area contributed by atoms with Gasteiger partial charge >= 0.3 is 0 Å². The molecule has 0 spiro atoms. The van der Waals surface area contributed by atoms with Crippen molar-refractivity contribution in [3.8, 4) is 0 Å². The lowest BCUT2D eigenvalue weighted by Gasteiger charge is -2.35. The Hall–Kier alpha value is -2.76. The minimum Gasteiger partial charge on any atom is -0.353 e. The summed E-state index contributed by atoms with van der Waals surface area (Å²) in [6.45, 7) is 0.605. The summed E-state index contributed by atoms with van der Waals surface area (Å²) >= 11 is 0. The molecular weight excluding hydrogens is 314 g/mol. The van der Waals surface area contributed by atoms with Gasteiger partial charge in [0.2, 0.25) is 5.91 Å². The molecule has 0 saturated carbocycles. The van der Waals surface area contributed by atoms with E-state index in [1.54, 1.807) is 0 Å². The van der Waals surface area contributed by atoms with Crippen LogP contribution in [0, 0.1) is 11.6 Å². The van der Waals surface area contributed by atoms with Crippen molar-refractivity contribution in [3.05, 3.63) is 71.3 Å². The first-order chi connectivity index (χ1) is 11.5. The molecule has 1 fully saturated rings. The summed E-state index contributed by atoms with van der Waals surface area (Å²) in [4.78, 5) is 26.3. The molecule has 6 heteroatoms. The Labute approximate surface area is 138 Å². The predicted octanol–water partition coefficient (Wildman–Crippen LogP) is 2.15. The van der Waals surface area contributed by atoms with Crippen LogP contribution in [-0.4, -0.2) is 35.8 Å². The number of hydrogen-bond acceptors (Lipinski definition) is 2. The molecule has 1 aliphatic heterocycles. The third-order valence-electron chi connectivity index (χ3n) is 3.97. The van der Waals surface area contributed by atoms with Gasteiger partial charge in [-0.15, -0.1) is 0 Å². The highest BCUT2D eigenvalue weighted by Crippen LogP contribution is 2.17. The van der Waals surface area contributed by atoms with E-state index in [1.807, 2.05) is 30.3 Å². The minimum absolute atomic E-state index is 0.0970. The topological polar surface area (TPSA) is 49.4 Å². The number of nitrogens with zero attached hydrogens (tertiary/aromatic N) is 1. The fourth-order valence-electron chi connectivity index (χ4n) is 2.84. The van der Waals surface area contributed by atoms with Gasteiger partial charge in [0.05, 0.1) is 0 Å². The Morgan fingerprint density at radius 1 is 1.12 bits per heavy atom. The fourth-order valence-corrected chi connectivity index (χ4v) is 2.84. The van der Waals surface area contributed by atoms with Gasteiger partial charge in [0.15, 0.2) is 0 Å².